The van der Waals surface area contributed by atoms with Crippen molar-refractivity contribution in [2.75, 3.05) is 37.7 Å². The summed E-state index contributed by atoms with van der Waals surface area (Å²) in [6.07, 6.45) is -1.28. The quantitative estimate of drug-likeness (QED) is 0.797. The summed E-state index contributed by atoms with van der Waals surface area (Å²) in [4.78, 5) is 20.1. The Morgan fingerprint density at radius 2 is 1.56 bits per heavy atom. The Kier molecular flexibility index (Phi) is 5.68. The molecule has 9 heteroatoms. The molecule has 0 bridgehead atoms. The van der Waals surface area contributed by atoms with E-state index in [1.54, 1.807) is 17.3 Å². The topological polar surface area (TPSA) is 54.9 Å². The lowest BCUT2D eigenvalue weighted by Crippen LogP contribution is -2.50. The highest BCUT2D eigenvalue weighted by Crippen LogP contribution is 2.24. The van der Waals surface area contributed by atoms with E-state index in [1.165, 1.54) is 12.1 Å². The molecule has 1 aromatic carbocycles. The van der Waals surface area contributed by atoms with E-state index < -0.39 is 6.36 Å². The third kappa shape index (κ3) is 5.50. The lowest BCUT2D eigenvalue weighted by atomic mass is 10.2. The van der Waals surface area contributed by atoms with Crippen LogP contribution in [0, 0.1) is 0 Å². The summed E-state index contributed by atoms with van der Waals surface area (Å²) in [5, 5.41) is 0. The molecule has 3 rings (SSSR count). The maximum absolute atomic E-state index is 12.3. The average molecular weight is 381 g/mol. The Bertz CT molecular complexity index is 746. The second kappa shape index (κ2) is 8.15. The maximum atomic E-state index is 12.3. The van der Waals surface area contributed by atoms with Crippen molar-refractivity contribution in [3.8, 4) is 11.5 Å². The van der Waals surface area contributed by atoms with Crippen LogP contribution in [0.2, 0.25) is 0 Å². The van der Waals surface area contributed by atoms with Crippen LogP contribution in [-0.2, 0) is 4.79 Å². The van der Waals surface area contributed by atoms with Crippen molar-refractivity contribution < 1.29 is 27.4 Å². The van der Waals surface area contributed by atoms with Gasteiger partial charge in [-0.1, -0.05) is 0 Å². The zero-order valence-corrected chi connectivity index (χ0v) is 14.4. The number of carbonyl (C=O) groups is 1. The van der Waals surface area contributed by atoms with Gasteiger partial charge in [-0.15, -0.1) is 13.2 Å². The van der Waals surface area contributed by atoms with Gasteiger partial charge in [-0.2, -0.15) is 0 Å². The number of pyridine rings is 1. The van der Waals surface area contributed by atoms with Crippen molar-refractivity contribution in [1.29, 1.82) is 0 Å². The van der Waals surface area contributed by atoms with Gasteiger partial charge in [-0.25, -0.2) is 0 Å². The standard InChI is InChI=1S/C18H18F3N3O3/c19-18(20,21)27-16-3-1-15(2-4-16)26-13-17(25)24-11-9-23(10-12-24)14-5-7-22-8-6-14/h1-8H,9-13H2. The number of anilines is 1. The lowest BCUT2D eigenvalue weighted by molar-refractivity contribution is -0.274. The third-order valence-corrected chi connectivity index (χ3v) is 4.08. The van der Waals surface area contributed by atoms with Gasteiger partial charge >= 0.3 is 6.36 Å². The van der Waals surface area contributed by atoms with E-state index in [0.717, 1.165) is 17.8 Å². The van der Waals surface area contributed by atoms with Gasteiger partial charge in [0.1, 0.15) is 11.5 Å². The van der Waals surface area contributed by atoms with E-state index in [4.69, 9.17) is 4.74 Å². The first kappa shape index (κ1) is 18.8. The van der Waals surface area contributed by atoms with Crippen molar-refractivity contribution >= 4 is 11.6 Å². The second-order valence-corrected chi connectivity index (χ2v) is 5.88. The largest absolute Gasteiger partial charge is 0.573 e. The summed E-state index contributed by atoms with van der Waals surface area (Å²) in [5.74, 6) is -0.207. The maximum Gasteiger partial charge on any atom is 0.573 e. The van der Waals surface area contributed by atoms with Gasteiger partial charge in [0.2, 0.25) is 0 Å². The summed E-state index contributed by atoms with van der Waals surface area (Å²) in [6.45, 7) is 2.39. The number of nitrogens with zero attached hydrogens (tertiary/aromatic N) is 3. The number of amides is 1. The fraction of sp³-hybridized carbons (Fsp3) is 0.333. The molecule has 0 N–H and O–H groups in total. The van der Waals surface area contributed by atoms with Gasteiger partial charge in [0.25, 0.3) is 5.91 Å². The van der Waals surface area contributed by atoms with Crippen LogP contribution >= 0.6 is 0 Å². The van der Waals surface area contributed by atoms with Crippen LogP contribution in [0.15, 0.2) is 48.8 Å². The SMILES string of the molecule is O=C(COc1ccc(OC(F)(F)F)cc1)N1CCN(c2ccncc2)CC1. The zero-order valence-electron chi connectivity index (χ0n) is 14.4. The summed E-state index contributed by atoms with van der Waals surface area (Å²) in [6, 6.07) is 8.78. The number of alkyl halides is 3. The van der Waals surface area contributed by atoms with E-state index in [9.17, 15) is 18.0 Å². The Balaban J connectivity index is 1.45. The van der Waals surface area contributed by atoms with Gasteiger partial charge in [0.05, 0.1) is 0 Å². The fourth-order valence-corrected chi connectivity index (χ4v) is 2.74. The molecular weight excluding hydrogens is 363 g/mol. The van der Waals surface area contributed by atoms with Crippen LogP contribution < -0.4 is 14.4 Å². The van der Waals surface area contributed by atoms with Crippen molar-refractivity contribution in [2.45, 2.75) is 6.36 Å². The molecule has 1 saturated heterocycles. The van der Waals surface area contributed by atoms with E-state index in [2.05, 4.69) is 14.6 Å². The van der Waals surface area contributed by atoms with Crippen molar-refractivity contribution in [3.63, 3.8) is 0 Å². The van der Waals surface area contributed by atoms with E-state index in [1.807, 2.05) is 12.1 Å². The van der Waals surface area contributed by atoms with E-state index in [-0.39, 0.29) is 18.3 Å². The molecule has 27 heavy (non-hydrogen) atoms. The first-order valence-electron chi connectivity index (χ1n) is 8.32. The van der Waals surface area contributed by atoms with Crippen LogP contribution in [0.4, 0.5) is 18.9 Å². The summed E-state index contributed by atoms with van der Waals surface area (Å²) >= 11 is 0. The van der Waals surface area contributed by atoms with Crippen molar-refractivity contribution in [2.24, 2.45) is 0 Å². The summed E-state index contributed by atoms with van der Waals surface area (Å²) in [7, 11) is 0. The first-order valence-corrected chi connectivity index (χ1v) is 8.32. The molecule has 1 fully saturated rings. The molecule has 0 radical (unpaired) electrons. The molecule has 1 aliphatic heterocycles. The monoisotopic (exact) mass is 381 g/mol. The minimum atomic E-state index is -4.74. The molecule has 0 spiro atoms. The van der Waals surface area contributed by atoms with Crippen LogP contribution in [-0.4, -0.2) is 54.9 Å². The third-order valence-electron chi connectivity index (χ3n) is 4.08. The Morgan fingerprint density at radius 3 is 2.15 bits per heavy atom. The van der Waals surface area contributed by atoms with Crippen LogP contribution in [0.25, 0.3) is 0 Å². The number of rotatable bonds is 5. The highest BCUT2D eigenvalue weighted by Gasteiger charge is 2.31. The number of hydrogen-bond acceptors (Lipinski definition) is 5. The fourth-order valence-electron chi connectivity index (χ4n) is 2.74. The van der Waals surface area contributed by atoms with Gasteiger partial charge in [-0.05, 0) is 36.4 Å². The van der Waals surface area contributed by atoms with Crippen molar-refractivity contribution in [1.82, 2.24) is 9.88 Å². The molecule has 0 aliphatic carbocycles. The molecule has 2 aromatic rings. The normalized spacial score (nSPS) is 14.8. The molecule has 6 nitrogen and oxygen atoms in total. The lowest BCUT2D eigenvalue weighted by Gasteiger charge is -2.36. The molecule has 1 amide bonds. The number of piperazine rings is 1. The van der Waals surface area contributed by atoms with Crippen LogP contribution in [0.3, 0.4) is 0 Å². The first-order chi connectivity index (χ1) is 12.9. The van der Waals surface area contributed by atoms with Crippen molar-refractivity contribution in [3.05, 3.63) is 48.8 Å². The van der Waals surface area contributed by atoms with Gasteiger partial charge in [0, 0.05) is 44.3 Å². The minimum absolute atomic E-state index is 0.167. The minimum Gasteiger partial charge on any atom is -0.484 e. The average Bonchev–Trinajstić information content (AvgIpc) is 2.67. The summed E-state index contributed by atoms with van der Waals surface area (Å²) < 4.78 is 45.5. The number of aromatic nitrogens is 1. The van der Waals surface area contributed by atoms with Gasteiger partial charge in [0.15, 0.2) is 6.61 Å². The van der Waals surface area contributed by atoms with Gasteiger partial charge < -0.3 is 19.3 Å². The number of hydrogen-bond donors (Lipinski definition) is 0. The predicted molar refractivity (Wildman–Crippen MR) is 91.7 cm³/mol. The Labute approximate surface area is 154 Å². The van der Waals surface area contributed by atoms with Gasteiger partial charge in [-0.3, -0.25) is 9.78 Å². The molecule has 144 valence electrons. The van der Waals surface area contributed by atoms with E-state index in [0.29, 0.717) is 31.9 Å². The predicted octanol–water partition coefficient (Wildman–Crippen LogP) is 2.71. The second-order valence-electron chi connectivity index (χ2n) is 5.88. The highest BCUT2D eigenvalue weighted by molar-refractivity contribution is 5.78. The molecule has 1 aromatic heterocycles. The molecule has 0 atom stereocenters. The number of ether oxygens (including phenoxy) is 2. The zero-order chi connectivity index (χ0) is 19.3. The molecule has 1 aliphatic rings. The molecule has 0 saturated carbocycles. The Morgan fingerprint density at radius 1 is 0.963 bits per heavy atom. The molecular formula is C18H18F3N3O3. The molecule has 0 unspecified atom stereocenters. The van der Waals surface area contributed by atoms with E-state index >= 15 is 0 Å². The summed E-state index contributed by atoms with van der Waals surface area (Å²) in [5.41, 5.74) is 1.06. The highest BCUT2D eigenvalue weighted by atomic mass is 19.4. The number of halogens is 3. The van der Waals surface area contributed by atoms with Crippen LogP contribution in [0.5, 0.6) is 11.5 Å². The number of carbonyl (C=O) groups excluding carboxylic acids is 1. The Hall–Kier alpha value is -2.97. The smallest absolute Gasteiger partial charge is 0.484 e. The molecule has 2 heterocycles. The van der Waals surface area contributed by atoms with Crippen LogP contribution in [0.1, 0.15) is 0 Å². The number of benzene rings is 1.